The van der Waals surface area contributed by atoms with E-state index in [1.54, 1.807) is 31.2 Å². The summed E-state index contributed by atoms with van der Waals surface area (Å²) in [5.41, 5.74) is 7.43. The van der Waals surface area contributed by atoms with Gasteiger partial charge in [-0.25, -0.2) is 8.42 Å². The van der Waals surface area contributed by atoms with Gasteiger partial charge in [0.1, 0.15) is 5.75 Å². The third-order valence-corrected chi connectivity index (χ3v) is 4.67. The zero-order valence-corrected chi connectivity index (χ0v) is 11.3. The molecule has 0 aromatic heterocycles. The lowest BCUT2D eigenvalue weighted by atomic mass is 10.2. The lowest BCUT2D eigenvalue weighted by molar-refractivity contribution is 0.475. The third kappa shape index (κ3) is 3.06. The van der Waals surface area contributed by atoms with Crippen molar-refractivity contribution in [2.24, 2.45) is 0 Å². The van der Waals surface area contributed by atoms with E-state index < -0.39 is 9.84 Å². The van der Waals surface area contributed by atoms with E-state index in [4.69, 9.17) is 5.73 Å². The second-order valence-corrected chi connectivity index (χ2v) is 6.41. The average molecular weight is 277 g/mol. The molecule has 0 saturated carbocycles. The van der Waals surface area contributed by atoms with Gasteiger partial charge in [-0.2, -0.15) is 0 Å². The molecule has 0 heterocycles. The van der Waals surface area contributed by atoms with Crippen LogP contribution in [0.25, 0.3) is 0 Å². The molecule has 2 rings (SSSR count). The number of hydrogen-bond acceptors (Lipinski definition) is 4. The van der Waals surface area contributed by atoms with E-state index in [0.29, 0.717) is 16.8 Å². The normalized spacial score (nSPS) is 11.4. The smallest absolute Gasteiger partial charge is 0.182 e. The van der Waals surface area contributed by atoms with Gasteiger partial charge < -0.3 is 10.8 Å². The molecular weight excluding hydrogens is 262 g/mol. The van der Waals surface area contributed by atoms with Gasteiger partial charge in [-0.05, 0) is 48.4 Å². The highest BCUT2D eigenvalue weighted by molar-refractivity contribution is 7.90. The fourth-order valence-corrected chi connectivity index (χ4v) is 3.52. The molecule has 0 atom stereocenters. The second kappa shape index (κ2) is 4.93. The Morgan fingerprint density at radius 2 is 1.74 bits per heavy atom. The zero-order chi connectivity index (χ0) is 14.0. The Hall–Kier alpha value is -2.01. The van der Waals surface area contributed by atoms with E-state index in [1.165, 1.54) is 18.2 Å². The van der Waals surface area contributed by atoms with Crippen LogP contribution in [-0.4, -0.2) is 13.5 Å². The molecule has 0 unspecified atom stereocenters. The van der Waals surface area contributed by atoms with E-state index >= 15 is 0 Å². The Labute approximate surface area is 112 Å². The summed E-state index contributed by atoms with van der Waals surface area (Å²) in [6.07, 6.45) is 0. The topological polar surface area (TPSA) is 80.4 Å². The summed E-state index contributed by atoms with van der Waals surface area (Å²) in [5.74, 6) is 0.0164. The summed E-state index contributed by atoms with van der Waals surface area (Å²) in [5, 5.41) is 9.18. The summed E-state index contributed by atoms with van der Waals surface area (Å²) in [6, 6.07) is 10.9. The number of aryl methyl sites for hydroxylation is 1. The van der Waals surface area contributed by atoms with E-state index in [9.17, 15) is 13.5 Å². The predicted octanol–water partition coefficient (Wildman–Crippen LogP) is 2.26. The largest absolute Gasteiger partial charge is 0.508 e. The predicted molar refractivity (Wildman–Crippen MR) is 74.6 cm³/mol. The molecule has 0 amide bonds. The number of benzene rings is 2. The molecule has 0 aliphatic heterocycles. The number of phenols is 1. The van der Waals surface area contributed by atoms with Gasteiger partial charge in [0.15, 0.2) is 9.84 Å². The summed E-state index contributed by atoms with van der Waals surface area (Å²) in [6.45, 7) is 1.72. The van der Waals surface area contributed by atoms with Crippen molar-refractivity contribution in [1.82, 2.24) is 0 Å². The molecule has 3 N–H and O–H groups in total. The summed E-state index contributed by atoms with van der Waals surface area (Å²) >= 11 is 0. The number of nitrogen functional groups attached to an aromatic ring is 1. The van der Waals surface area contributed by atoms with E-state index in [-0.39, 0.29) is 16.4 Å². The number of hydrogen-bond donors (Lipinski definition) is 2. The van der Waals surface area contributed by atoms with Crippen LogP contribution >= 0.6 is 0 Å². The Morgan fingerprint density at radius 3 is 2.32 bits per heavy atom. The maximum absolute atomic E-state index is 12.3. The van der Waals surface area contributed by atoms with Gasteiger partial charge in [-0.3, -0.25) is 0 Å². The third-order valence-electron chi connectivity index (χ3n) is 2.83. The SMILES string of the molecule is Cc1cc(N)ccc1S(=O)(=O)Cc1ccc(O)cc1. The van der Waals surface area contributed by atoms with Gasteiger partial charge in [-0.15, -0.1) is 0 Å². The van der Waals surface area contributed by atoms with E-state index in [0.717, 1.165) is 0 Å². The summed E-state index contributed by atoms with van der Waals surface area (Å²) < 4.78 is 24.6. The quantitative estimate of drug-likeness (QED) is 0.843. The van der Waals surface area contributed by atoms with E-state index in [2.05, 4.69) is 0 Å². The minimum atomic E-state index is -3.41. The molecule has 4 nitrogen and oxygen atoms in total. The Bertz CT molecular complexity index is 691. The van der Waals surface area contributed by atoms with Crippen molar-refractivity contribution in [2.75, 3.05) is 5.73 Å². The molecule has 0 saturated heterocycles. The standard InChI is InChI=1S/C14H15NO3S/c1-10-8-12(15)4-7-14(10)19(17,18)9-11-2-5-13(16)6-3-11/h2-8,16H,9,15H2,1H3. The number of nitrogens with two attached hydrogens (primary N) is 1. The minimum Gasteiger partial charge on any atom is -0.508 e. The number of phenolic OH excluding ortho intramolecular Hbond substituents is 1. The first kappa shape index (κ1) is 13.4. The Balaban J connectivity index is 2.35. The molecule has 0 radical (unpaired) electrons. The van der Waals surface area contributed by atoms with Crippen LogP contribution < -0.4 is 5.73 Å². The van der Waals surface area contributed by atoms with Crippen LogP contribution in [0.3, 0.4) is 0 Å². The van der Waals surface area contributed by atoms with Gasteiger partial charge in [-0.1, -0.05) is 12.1 Å². The first-order valence-electron chi connectivity index (χ1n) is 5.75. The van der Waals surface area contributed by atoms with Crippen LogP contribution in [0.1, 0.15) is 11.1 Å². The van der Waals surface area contributed by atoms with Crippen LogP contribution in [0.4, 0.5) is 5.69 Å². The van der Waals surface area contributed by atoms with Crippen molar-refractivity contribution in [3.05, 3.63) is 53.6 Å². The molecule has 2 aromatic rings. The van der Waals surface area contributed by atoms with Crippen molar-refractivity contribution in [2.45, 2.75) is 17.6 Å². The first-order valence-corrected chi connectivity index (χ1v) is 7.40. The van der Waals surface area contributed by atoms with Crippen molar-refractivity contribution >= 4 is 15.5 Å². The molecule has 5 heteroatoms. The van der Waals surface area contributed by atoms with Crippen LogP contribution in [0.5, 0.6) is 5.75 Å². The Morgan fingerprint density at radius 1 is 1.11 bits per heavy atom. The lowest BCUT2D eigenvalue weighted by Crippen LogP contribution is -2.07. The zero-order valence-electron chi connectivity index (χ0n) is 10.5. The Kier molecular flexibility index (Phi) is 3.48. The highest BCUT2D eigenvalue weighted by Gasteiger charge is 2.17. The number of aromatic hydroxyl groups is 1. The maximum atomic E-state index is 12.3. The van der Waals surface area contributed by atoms with Crippen LogP contribution in [0.15, 0.2) is 47.4 Å². The fraction of sp³-hybridized carbons (Fsp3) is 0.143. The molecule has 100 valence electrons. The molecule has 0 spiro atoms. The second-order valence-electron chi connectivity index (χ2n) is 4.45. The van der Waals surface area contributed by atoms with Gasteiger partial charge in [0.2, 0.25) is 0 Å². The van der Waals surface area contributed by atoms with Gasteiger partial charge in [0.25, 0.3) is 0 Å². The van der Waals surface area contributed by atoms with Crippen molar-refractivity contribution < 1.29 is 13.5 Å². The average Bonchev–Trinajstić information content (AvgIpc) is 2.31. The molecule has 0 aliphatic rings. The molecule has 19 heavy (non-hydrogen) atoms. The molecule has 2 aromatic carbocycles. The minimum absolute atomic E-state index is 0.0992. The summed E-state index contributed by atoms with van der Waals surface area (Å²) in [7, 11) is -3.41. The summed E-state index contributed by atoms with van der Waals surface area (Å²) in [4.78, 5) is 0.287. The fourth-order valence-electron chi connectivity index (χ4n) is 1.91. The van der Waals surface area contributed by atoms with Crippen molar-refractivity contribution in [1.29, 1.82) is 0 Å². The number of rotatable bonds is 3. The lowest BCUT2D eigenvalue weighted by Gasteiger charge is -2.08. The van der Waals surface area contributed by atoms with E-state index in [1.807, 2.05) is 0 Å². The van der Waals surface area contributed by atoms with Crippen LogP contribution in [0.2, 0.25) is 0 Å². The molecule has 0 bridgehead atoms. The van der Waals surface area contributed by atoms with Gasteiger partial charge >= 0.3 is 0 Å². The van der Waals surface area contributed by atoms with Gasteiger partial charge in [0.05, 0.1) is 10.6 Å². The maximum Gasteiger partial charge on any atom is 0.182 e. The monoisotopic (exact) mass is 277 g/mol. The highest BCUT2D eigenvalue weighted by atomic mass is 32.2. The van der Waals surface area contributed by atoms with Crippen molar-refractivity contribution in [3.63, 3.8) is 0 Å². The highest BCUT2D eigenvalue weighted by Crippen LogP contribution is 2.22. The van der Waals surface area contributed by atoms with Crippen LogP contribution in [0, 0.1) is 6.92 Å². The molecule has 0 aliphatic carbocycles. The van der Waals surface area contributed by atoms with Gasteiger partial charge in [0, 0.05) is 5.69 Å². The molecular formula is C14H15NO3S. The number of sulfone groups is 1. The van der Waals surface area contributed by atoms with Crippen LogP contribution in [-0.2, 0) is 15.6 Å². The van der Waals surface area contributed by atoms with Crippen molar-refractivity contribution in [3.8, 4) is 5.75 Å². The number of anilines is 1. The first-order chi connectivity index (χ1) is 8.88. The molecule has 0 fully saturated rings.